The van der Waals surface area contributed by atoms with E-state index >= 15 is 0 Å². The summed E-state index contributed by atoms with van der Waals surface area (Å²) in [7, 11) is 0. The second kappa shape index (κ2) is 3.94. The molecular weight excluding hydrogens is 178 g/mol. The Labute approximate surface area is 83.9 Å². The lowest BCUT2D eigenvalue weighted by molar-refractivity contribution is -0.000661. The SMILES string of the molecule is CC(C)C(O)(CN)c1cccnc1N. The van der Waals surface area contributed by atoms with Crippen LogP contribution < -0.4 is 11.5 Å². The van der Waals surface area contributed by atoms with E-state index in [9.17, 15) is 5.11 Å². The molecule has 0 aliphatic heterocycles. The van der Waals surface area contributed by atoms with Gasteiger partial charge in [0.1, 0.15) is 11.4 Å². The van der Waals surface area contributed by atoms with E-state index in [-0.39, 0.29) is 12.5 Å². The summed E-state index contributed by atoms with van der Waals surface area (Å²) in [6, 6.07) is 3.50. The fourth-order valence-electron chi connectivity index (χ4n) is 1.44. The van der Waals surface area contributed by atoms with Crippen LogP contribution in [0.4, 0.5) is 5.82 Å². The fraction of sp³-hybridized carbons (Fsp3) is 0.500. The minimum Gasteiger partial charge on any atom is -0.383 e. The molecule has 1 aromatic rings. The summed E-state index contributed by atoms with van der Waals surface area (Å²) in [4.78, 5) is 3.94. The Hall–Kier alpha value is -1.13. The second-order valence-corrected chi connectivity index (χ2v) is 3.72. The molecule has 1 aromatic heterocycles. The molecule has 0 aliphatic rings. The average Bonchev–Trinajstić information content (AvgIpc) is 2.17. The van der Waals surface area contributed by atoms with Crippen molar-refractivity contribution in [2.75, 3.05) is 12.3 Å². The maximum Gasteiger partial charge on any atom is 0.129 e. The van der Waals surface area contributed by atoms with Crippen LogP contribution in [0.25, 0.3) is 0 Å². The van der Waals surface area contributed by atoms with Crippen LogP contribution in [-0.2, 0) is 5.60 Å². The molecule has 0 bridgehead atoms. The molecule has 14 heavy (non-hydrogen) atoms. The zero-order valence-electron chi connectivity index (χ0n) is 8.57. The first-order valence-electron chi connectivity index (χ1n) is 4.65. The van der Waals surface area contributed by atoms with E-state index in [0.717, 1.165) is 0 Å². The third-order valence-corrected chi connectivity index (χ3v) is 2.57. The second-order valence-electron chi connectivity index (χ2n) is 3.72. The van der Waals surface area contributed by atoms with Crippen molar-refractivity contribution in [3.8, 4) is 0 Å². The quantitative estimate of drug-likeness (QED) is 0.654. The van der Waals surface area contributed by atoms with E-state index in [0.29, 0.717) is 11.4 Å². The van der Waals surface area contributed by atoms with Gasteiger partial charge in [0, 0.05) is 18.3 Å². The van der Waals surface area contributed by atoms with Gasteiger partial charge in [0.2, 0.25) is 0 Å². The van der Waals surface area contributed by atoms with Gasteiger partial charge in [0.15, 0.2) is 0 Å². The molecule has 0 saturated carbocycles. The van der Waals surface area contributed by atoms with E-state index in [1.807, 2.05) is 13.8 Å². The van der Waals surface area contributed by atoms with Crippen LogP contribution in [0.2, 0.25) is 0 Å². The van der Waals surface area contributed by atoms with Gasteiger partial charge in [-0.15, -0.1) is 0 Å². The topological polar surface area (TPSA) is 85.2 Å². The lowest BCUT2D eigenvalue weighted by Crippen LogP contribution is -2.40. The van der Waals surface area contributed by atoms with Crippen LogP contribution in [-0.4, -0.2) is 16.6 Å². The predicted octanol–water partition coefficient (Wildman–Crippen LogP) is 0.466. The van der Waals surface area contributed by atoms with E-state index in [2.05, 4.69) is 4.98 Å². The summed E-state index contributed by atoms with van der Waals surface area (Å²) in [6.45, 7) is 3.94. The Morgan fingerprint density at radius 2 is 2.21 bits per heavy atom. The highest BCUT2D eigenvalue weighted by Gasteiger charge is 2.33. The monoisotopic (exact) mass is 195 g/mol. The van der Waals surface area contributed by atoms with Crippen molar-refractivity contribution in [1.29, 1.82) is 0 Å². The van der Waals surface area contributed by atoms with E-state index in [1.54, 1.807) is 18.3 Å². The van der Waals surface area contributed by atoms with Crippen LogP contribution in [0.3, 0.4) is 0 Å². The van der Waals surface area contributed by atoms with Gasteiger partial charge in [-0.25, -0.2) is 4.98 Å². The van der Waals surface area contributed by atoms with Gasteiger partial charge in [0.25, 0.3) is 0 Å². The largest absolute Gasteiger partial charge is 0.383 e. The highest BCUT2D eigenvalue weighted by atomic mass is 16.3. The number of hydrogen-bond acceptors (Lipinski definition) is 4. The van der Waals surface area contributed by atoms with Crippen molar-refractivity contribution in [1.82, 2.24) is 4.98 Å². The number of aliphatic hydroxyl groups is 1. The smallest absolute Gasteiger partial charge is 0.129 e. The first-order valence-corrected chi connectivity index (χ1v) is 4.65. The lowest BCUT2D eigenvalue weighted by Gasteiger charge is -2.31. The molecule has 0 fully saturated rings. The Bertz CT molecular complexity index is 314. The minimum absolute atomic E-state index is 0.000926. The molecule has 1 rings (SSSR count). The van der Waals surface area contributed by atoms with Crippen molar-refractivity contribution in [2.45, 2.75) is 19.4 Å². The molecule has 4 heteroatoms. The lowest BCUT2D eigenvalue weighted by atomic mass is 9.84. The van der Waals surface area contributed by atoms with Crippen molar-refractivity contribution < 1.29 is 5.11 Å². The highest BCUT2D eigenvalue weighted by molar-refractivity contribution is 5.43. The van der Waals surface area contributed by atoms with E-state index in [4.69, 9.17) is 11.5 Å². The molecule has 0 aromatic carbocycles. The molecule has 78 valence electrons. The molecule has 0 aliphatic carbocycles. The molecule has 1 atom stereocenters. The summed E-state index contributed by atoms with van der Waals surface area (Å²) in [5, 5.41) is 10.3. The zero-order chi connectivity index (χ0) is 10.8. The summed E-state index contributed by atoms with van der Waals surface area (Å²) in [6.07, 6.45) is 1.59. The number of rotatable bonds is 3. The fourth-order valence-corrected chi connectivity index (χ4v) is 1.44. The van der Waals surface area contributed by atoms with Gasteiger partial charge in [-0.2, -0.15) is 0 Å². The number of anilines is 1. The molecule has 1 unspecified atom stereocenters. The first-order chi connectivity index (χ1) is 6.52. The van der Waals surface area contributed by atoms with Crippen molar-refractivity contribution in [2.24, 2.45) is 11.7 Å². The van der Waals surface area contributed by atoms with Gasteiger partial charge >= 0.3 is 0 Å². The maximum absolute atomic E-state index is 10.3. The molecular formula is C10H17N3O. The van der Waals surface area contributed by atoms with Gasteiger partial charge < -0.3 is 16.6 Å². The summed E-state index contributed by atoms with van der Waals surface area (Å²) in [5.74, 6) is 0.341. The number of hydrogen-bond donors (Lipinski definition) is 3. The van der Waals surface area contributed by atoms with E-state index < -0.39 is 5.60 Å². The third-order valence-electron chi connectivity index (χ3n) is 2.57. The normalized spacial score (nSPS) is 15.5. The van der Waals surface area contributed by atoms with Crippen LogP contribution in [0.15, 0.2) is 18.3 Å². The number of nitrogens with two attached hydrogens (primary N) is 2. The molecule has 1 heterocycles. The third kappa shape index (κ3) is 1.71. The van der Waals surface area contributed by atoms with Gasteiger partial charge in [0.05, 0.1) is 0 Å². The van der Waals surface area contributed by atoms with Crippen LogP contribution >= 0.6 is 0 Å². The number of nitrogens with zero attached hydrogens (tertiary/aromatic N) is 1. The Morgan fingerprint density at radius 3 is 2.64 bits per heavy atom. The maximum atomic E-state index is 10.3. The van der Waals surface area contributed by atoms with Gasteiger partial charge in [-0.05, 0) is 12.0 Å². The number of aromatic nitrogens is 1. The molecule has 4 nitrogen and oxygen atoms in total. The Kier molecular flexibility index (Phi) is 3.08. The highest BCUT2D eigenvalue weighted by Crippen LogP contribution is 2.30. The number of nitrogen functional groups attached to an aromatic ring is 1. The van der Waals surface area contributed by atoms with Crippen molar-refractivity contribution in [3.63, 3.8) is 0 Å². The Balaban J connectivity index is 3.19. The summed E-state index contributed by atoms with van der Waals surface area (Å²) in [5.41, 5.74) is 10.8. The van der Waals surface area contributed by atoms with Gasteiger partial charge in [-0.3, -0.25) is 0 Å². The van der Waals surface area contributed by atoms with Crippen LogP contribution in [0.1, 0.15) is 19.4 Å². The molecule has 0 saturated heterocycles. The molecule has 5 N–H and O–H groups in total. The molecule has 0 amide bonds. The predicted molar refractivity (Wildman–Crippen MR) is 56.4 cm³/mol. The van der Waals surface area contributed by atoms with E-state index in [1.165, 1.54) is 0 Å². The average molecular weight is 195 g/mol. The summed E-state index contributed by atoms with van der Waals surface area (Å²) < 4.78 is 0. The number of pyridine rings is 1. The molecule has 0 radical (unpaired) electrons. The zero-order valence-corrected chi connectivity index (χ0v) is 8.57. The minimum atomic E-state index is -1.08. The molecule has 0 spiro atoms. The van der Waals surface area contributed by atoms with Crippen molar-refractivity contribution >= 4 is 5.82 Å². The Morgan fingerprint density at radius 1 is 1.57 bits per heavy atom. The van der Waals surface area contributed by atoms with Crippen LogP contribution in [0.5, 0.6) is 0 Å². The standard InChI is InChI=1S/C10H17N3O/c1-7(2)10(14,6-11)8-4-3-5-13-9(8)12/h3-5,7,14H,6,11H2,1-2H3,(H2,12,13). The van der Waals surface area contributed by atoms with Gasteiger partial charge in [-0.1, -0.05) is 19.9 Å². The first kappa shape index (κ1) is 10.9. The van der Waals surface area contributed by atoms with Crippen LogP contribution in [0, 0.1) is 5.92 Å². The summed E-state index contributed by atoms with van der Waals surface area (Å²) >= 11 is 0. The van der Waals surface area contributed by atoms with Crippen molar-refractivity contribution in [3.05, 3.63) is 23.9 Å².